The molecule has 88 valence electrons. The second-order valence-corrected chi connectivity index (χ2v) is 4.92. The normalized spacial score (nSPS) is 18.6. The molecule has 1 aromatic rings. The molecule has 16 heavy (non-hydrogen) atoms. The standard InChI is InChI=1S/C12H16BrFN2/c1-9(14)10-2-3-12(11(13)8-10)16-6-4-15-5-7-16/h2-3,8-9,15H,4-7H2,1H3. The van der Waals surface area contributed by atoms with Crippen molar-refractivity contribution >= 4 is 21.6 Å². The van der Waals surface area contributed by atoms with Gasteiger partial charge in [-0.3, -0.25) is 0 Å². The molecular weight excluding hydrogens is 271 g/mol. The summed E-state index contributed by atoms with van der Waals surface area (Å²) in [6.45, 7) is 5.58. The van der Waals surface area contributed by atoms with Crippen molar-refractivity contribution in [1.82, 2.24) is 5.32 Å². The minimum atomic E-state index is -0.909. The van der Waals surface area contributed by atoms with Crippen LogP contribution in [0, 0.1) is 0 Å². The fourth-order valence-corrected chi connectivity index (χ4v) is 2.58. The quantitative estimate of drug-likeness (QED) is 0.899. The fourth-order valence-electron chi connectivity index (χ4n) is 1.93. The molecule has 1 aliphatic heterocycles. The first kappa shape index (κ1) is 11.9. The molecule has 0 amide bonds. The Morgan fingerprint density at radius 3 is 2.62 bits per heavy atom. The van der Waals surface area contributed by atoms with Gasteiger partial charge in [0, 0.05) is 30.7 Å². The minimum Gasteiger partial charge on any atom is -0.368 e. The highest BCUT2D eigenvalue weighted by Crippen LogP contribution is 2.30. The van der Waals surface area contributed by atoms with Crippen LogP contribution in [0.1, 0.15) is 18.7 Å². The first-order valence-corrected chi connectivity index (χ1v) is 6.37. The highest BCUT2D eigenvalue weighted by Gasteiger charge is 2.14. The second kappa shape index (κ2) is 5.15. The van der Waals surface area contributed by atoms with Gasteiger partial charge in [0.15, 0.2) is 0 Å². The summed E-state index contributed by atoms with van der Waals surface area (Å²) in [5, 5.41) is 3.32. The third-order valence-corrected chi connectivity index (χ3v) is 3.52. The van der Waals surface area contributed by atoms with Crippen LogP contribution in [0.4, 0.5) is 10.1 Å². The van der Waals surface area contributed by atoms with Crippen LogP contribution >= 0.6 is 15.9 Å². The summed E-state index contributed by atoms with van der Waals surface area (Å²) in [4.78, 5) is 2.31. The predicted octanol–water partition coefficient (Wildman–Crippen LogP) is 2.89. The van der Waals surface area contributed by atoms with Gasteiger partial charge in [-0.05, 0) is 40.5 Å². The lowest BCUT2D eigenvalue weighted by atomic mass is 10.1. The van der Waals surface area contributed by atoms with Gasteiger partial charge in [0.1, 0.15) is 6.17 Å². The topological polar surface area (TPSA) is 15.3 Å². The van der Waals surface area contributed by atoms with Gasteiger partial charge in [-0.25, -0.2) is 4.39 Å². The Balaban J connectivity index is 2.21. The lowest BCUT2D eigenvalue weighted by Crippen LogP contribution is -2.43. The van der Waals surface area contributed by atoms with E-state index in [-0.39, 0.29) is 0 Å². The van der Waals surface area contributed by atoms with Crippen molar-refractivity contribution in [3.8, 4) is 0 Å². The number of halogens is 2. The van der Waals surface area contributed by atoms with E-state index in [9.17, 15) is 4.39 Å². The van der Waals surface area contributed by atoms with Gasteiger partial charge in [0.05, 0.1) is 5.69 Å². The largest absolute Gasteiger partial charge is 0.368 e. The van der Waals surface area contributed by atoms with Crippen LogP contribution in [0.3, 0.4) is 0 Å². The molecule has 1 aromatic carbocycles. The van der Waals surface area contributed by atoms with Crippen LogP contribution in [0.5, 0.6) is 0 Å². The second-order valence-electron chi connectivity index (χ2n) is 4.06. The van der Waals surface area contributed by atoms with Crippen molar-refractivity contribution in [2.45, 2.75) is 13.1 Å². The molecule has 2 nitrogen and oxygen atoms in total. The zero-order chi connectivity index (χ0) is 11.5. The molecular formula is C12H16BrFN2. The maximum Gasteiger partial charge on any atom is 0.122 e. The molecule has 4 heteroatoms. The van der Waals surface area contributed by atoms with Gasteiger partial charge in [0.2, 0.25) is 0 Å². The SMILES string of the molecule is CC(F)c1ccc(N2CCNCC2)c(Br)c1. The van der Waals surface area contributed by atoms with Crippen LogP contribution in [-0.4, -0.2) is 26.2 Å². The molecule has 1 fully saturated rings. The molecule has 1 atom stereocenters. The Kier molecular flexibility index (Phi) is 3.82. The van der Waals surface area contributed by atoms with Crippen molar-refractivity contribution in [1.29, 1.82) is 0 Å². The van der Waals surface area contributed by atoms with Gasteiger partial charge < -0.3 is 10.2 Å². The number of benzene rings is 1. The summed E-state index contributed by atoms with van der Waals surface area (Å²) >= 11 is 3.52. The number of alkyl halides is 1. The van der Waals surface area contributed by atoms with E-state index < -0.39 is 6.17 Å². The number of rotatable bonds is 2. The van der Waals surface area contributed by atoms with Crippen molar-refractivity contribution < 1.29 is 4.39 Å². The Morgan fingerprint density at radius 2 is 2.06 bits per heavy atom. The van der Waals surface area contributed by atoms with Gasteiger partial charge in [-0.2, -0.15) is 0 Å². The van der Waals surface area contributed by atoms with Gasteiger partial charge in [0.25, 0.3) is 0 Å². The van der Waals surface area contributed by atoms with E-state index in [0.29, 0.717) is 0 Å². The van der Waals surface area contributed by atoms with Crippen molar-refractivity contribution in [3.05, 3.63) is 28.2 Å². The first-order valence-electron chi connectivity index (χ1n) is 5.57. The monoisotopic (exact) mass is 286 g/mol. The fraction of sp³-hybridized carbons (Fsp3) is 0.500. The zero-order valence-corrected chi connectivity index (χ0v) is 10.9. The van der Waals surface area contributed by atoms with Gasteiger partial charge in [-0.15, -0.1) is 0 Å². The van der Waals surface area contributed by atoms with Crippen LogP contribution < -0.4 is 10.2 Å². The van der Waals surface area contributed by atoms with Crippen LogP contribution in [0.15, 0.2) is 22.7 Å². The predicted molar refractivity (Wildman–Crippen MR) is 68.7 cm³/mol. The average molecular weight is 287 g/mol. The molecule has 0 saturated carbocycles. The zero-order valence-electron chi connectivity index (χ0n) is 9.34. The summed E-state index contributed by atoms with van der Waals surface area (Å²) in [6.07, 6.45) is -0.909. The highest BCUT2D eigenvalue weighted by atomic mass is 79.9. The molecule has 0 spiro atoms. The van der Waals surface area contributed by atoms with E-state index in [1.807, 2.05) is 18.2 Å². The molecule has 0 bridgehead atoms. The number of piperazine rings is 1. The minimum absolute atomic E-state index is 0.728. The van der Waals surface area contributed by atoms with Crippen molar-refractivity contribution in [3.63, 3.8) is 0 Å². The lowest BCUT2D eigenvalue weighted by molar-refractivity contribution is 0.374. The van der Waals surface area contributed by atoms with Gasteiger partial charge in [-0.1, -0.05) is 6.07 Å². The molecule has 0 aliphatic carbocycles. The number of nitrogens with one attached hydrogen (secondary N) is 1. The molecule has 2 rings (SSSR count). The van der Waals surface area contributed by atoms with E-state index in [2.05, 4.69) is 26.1 Å². The van der Waals surface area contributed by atoms with E-state index >= 15 is 0 Å². The Hall–Kier alpha value is -0.610. The Bertz CT molecular complexity index is 362. The summed E-state index contributed by atoms with van der Waals surface area (Å²) in [7, 11) is 0. The average Bonchev–Trinajstić information content (AvgIpc) is 2.30. The van der Waals surface area contributed by atoms with E-state index in [1.54, 1.807) is 6.92 Å². The number of anilines is 1. The highest BCUT2D eigenvalue weighted by molar-refractivity contribution is 9.10. The van der Waals surface area contributed by atoms with Gasteiger partial charge >= 0.3 is 0 Å². The molecule has 1 heterocycles. The van der Waals surface area contributed by atoms with E-state index in [1.165, 1.54) is 0 Å². The number of nitrogens with zero attached hydrogens (tertiary/aromatic N) is 1. The van der Waals surface area contributed by atoms with E-state index in [0.717, 1.165) is 41.9 Å². The number of hydrogen-bond acceptors (Lipinski definition) is 2. The molecule has 1 saturated heterocycles. The maximum atomic E-state index is 13.1. The summed E-state index contributed by atoms with van der Waals surface area (Å²) in [6, 6.07) is 5.75. The summed E-state index contributed by atoms with van der Waals surface area (Å²) < 4.78 is 14.1. The Morgan fingerprint density at radius 1 is 1.38 bits per heavy atom. The maximum absolute atomic E-state index is 13.1. The van der Waals surface area contributed by atoms with Crippen LogP contribution in [0.25, 0.3) is 0 Å². The lowest BCUT2D eigenvalue weighted by Gasteiger charge is -2.30. The molecule has 1 aliphatic rings. The van der Waals surface area contributed by atoms with E-state index in [4.69, 9.17) is 0 Å². The van der Waals surface area contributed by atoms with Crippen LogP contribution in [-0.2, 0) is 0 Å². The molecule has 0 radical (unpaired) electrons. The Labute approximate surface area is 104 Å². The smallest absolute Gasteiger partial charge is 0.122 e. The summed E-state index contributed by atoms with van der Waals surface area (Å²) in [5.74, 6) is 0. The first-order chi connectivity index (χ1) is 7.68. The molecule has 0 aromatic heterocycles. The van der Waals surface area contributed by atoms with Crippen molar-refractivity contribution in [2.24, 2.45) is 0 Å². The number of hydrogen-bond donors (Lipinski definition) is 1. The molecule has 1 N–H and O–H groups in total. The third-order valence-electron chi connectivity index (χ3n) is 2.89. The van der Waals surface area contributed by atoms with Crippen LogP contribution in [0.2, 0.25) is 0 Å². The third kappa shape index (κ3) is 2.55. The van der Waals surface area contributed by atoms with Crippen molar-refractivity contribution in [2.75, 3.05) is 31.1 Å². The summed E-state index contributed by atoms with van der Waals surface area (Å²) in [5.41, 5.74) is 1.89. The molecule has 1 unspecified atom stereocenters.